The van der Waals surface area contributed by atoms with Crippen molar-refractivity contribution in [1.29, 1.82) is 0 Å². The number of rotatable bonds is 2. The summed E-state index contributed by atoms with van der Waals surface area (Å²) in [6.45, 7) is 13.9. The molecule has 0 bridgehead atoms. The number of hydrogen-bond donors (Lipinski definition) is 0. The molecule has 0 radical (unpaired) electrons. The topological polar surface area (TPSA) is 0 Å². The van der Waals surface area contributed by atoms with Gasteiger partial charge < -0.3 is 0 Å². The van der Waals surface area contributed by atoms with Crippen molar-refractivity contribution in [3.05, 3.63) is 0 Å². The first-order valence-corrected chi connectivity index (χ1v) is 4.31. The van der Waals surface area contributed by atoms with Crippen molar-refractivity contribution in [2.75, 3.05) is 0 Å². The van der Waals surface area contributed by atoms with Crippen LogP contribution >= 0.6 is 0 Å². The van der Waals surface area contributed by atoms with Crippen LogP contribution < -0.4 is 0 Å². The van der Waals surface area contributed by atoms with Crippen LogP contribution in [0.2, 0.25) is 13.1 Å². The van der Waals surface area contributed by atoms with E-state index in [2.05, 4.69) is 41.4 Å². The van der Waals surface area contributed by atoms with Crippen LogP contribution in [0, 0.1) is 10.8 Å². The largest absolute Gasteiger partial charge is 0.118 e. The average Bonchev–Trinajstić information content (AvgIpc) is 1.61. The van der Waals surface area contributed by atoms with Crippen LogP contribution in [0.25, 0.3) is 0 Å². The maximum absolute atomic E-state index is 2.36. The lowest BCUT2D eigenvalue weighted by Gasteiger charge is -2.38. The van der Waals surface area contributed by atoms with Crippen LogP contribution in [0.15, 0.2) is 0 Å². The zero-order chi connectivity index (χ0) is 8.41. The Morgan fingerprint density at radius 2 is 1.40 bits per heavy atom. The second-order valence-corrected chi connectivity index (χ2v) is 4.88. The van der Waals surface area contributed by atoms with Gasteiger partial charge in [-0.25, -0.2) is 0 Å². The van der Waals surface area contributed by atoms with E-state index in [9.17, 15) is 0 Å². The van der Waals surface area contributed by atoms with E-state index in [4.69, 9.17) is 0 Å². The molecule has 0 aromatic rings. The molecular formula is C9H21B. The van der Waals surface area contributed by atoms with Gasteiger partial charge in [0.15, 0.2) is 0 Å². The van der Waals surface area contributed by atoms with E-state index in [1.165, 1.54) is 13.6 Å². The summed E-state index contributed by atoms with van der Waals surface area (Å²) in [6.07, 6.45) is 1.33. The van der Waals surface area contributed by atoms with Crippen molar-refractivity contribution in [2.45, 2.75) is 47.8 Å². The summed E-state index contributed by atoms with van der Waals surface area (Å²) < 4.78 is 0. The third kappa shape index (κ3) is 2.36. The van der Waals surface area contributed by atoms with E-state index in [1.807, 2.05) is 0 Å². The Labute approximate surface area is 66.6 Å². The third-order valence-corrected chi connectivity index (χ3v) is 2.91. The molecule has 0 atom stereocenters. The molecular weight excluding hydrogens is 119 g/mol. The van der Waals surface area contributed by atoms with Gasteiger partial charge in [0.05, 0.1) is 0 Å². The van der Waals surface area contributed by atoms with Crippen LogP contribution in [0.4, 0.5) is 0 Å². The minimum absolute atomic E-state index is 0.447. The molecule has 0 aliphatic carbocycles. The summed E-state index contributed by atoms with van der Waals surface area (Å²) in [6, 6.07) is 0. The molecule has 0 saturated carbocycles. The summed E-state index contributed by atoms with van der Waals surface area (Å²) in [5.41, 5.74) is 0.935. The Kier molecular flexibility index (Phi) is 3.00. The van der Waals surface area contributed by atoms with Gasteiger partial charge in [-0.1, -0.05) is 47.8 Å². The van der Waals surface area contributed by atoms with E-state index in [0.29, 0.717) is 10.8 Å². The highest BCUT2D eigenvalue weighted by molar-refractivity contribution is 6.33. The molecule has 0 rings (SSSR count). The quantitative estimate of drug-likeness (QED) is 0.517. The smallest absolute Gasteiger partial charge is 0.0893 e. The van der Waals surface area contributed by atoms with Crippen LogP contribution in [0.1, 0.15) is 34.6 Å². The predicted molar refractivity (Wildman–Crippen MR) is 51.1 cm³/mol. The zero-order valence-electron chi connectivity index (χ0n) is 8.41. The fourth-order valence-electron chi connectivity index (χ4n) is 1.000. The first-order valence-electron chi connectivity index (χ1n) is 4.31. The van der Waals surface area contributed by atoms with Gasteiger partial charge in [-0.3, -0.25) is 0 Å². The van der Waals surface area contributed by atoms with Gasteiger partial charge in [0.25, 0.3) is 0 Å². The second kappa shape index (κ2) is 2.98. The van der Waals surface area contributed by atoms with Crippen LogP contribution in [0.5, 0.6) is 0 Å². The molecule has 0 aromatic heterocycles. The van der Waals surface area contributed by atoms with E-state index in [0.717, 1.165) is 0 Å². The van der Waals surface area contributed by atoms with Crippen molar-refractivity contribution < 1.29 is 0 Å². The third-order valence-electron chi connectivity index (χ3n) is 2.91. The lowest BCUT2D eigenvalue weighted by atomic mass is 9.57. The van der Waals surface area contributed by atoms with E-state index >= 15 is 0 Å². The SMILES string of the molecule is CBCC(C)(C)C(C)(C)C. The molecule has 0 nitrogen and oxygen atoms in total. The highest BCUT2D eigenvalue weighted by Crippen LogP contribution is 2.40. The lowest BCUT2D eigenvalue weighted by Crippen LogP contribution is -2.30. The molecule has 0 fully saturated rings. The van der Waals surface area contributed by atoms with E-state index in [1.54, 1.807) is 0 Å². The summed E-state index contributed by atoms with van der Waals surface area (Å²) in [5.74, 6) is 0. The molecule has 0 saturated heterocycles. The van der Waals surface area contributed by atoms with Crippen LogP contribution in [0.3, 0.4) is 0 Å². The maximum Gasteiger partial charge on any atom is 0.118 e. The second-order valence-electron chi connectivity index (χ2n) is 4.88. The standard InChI is InChI=1S/C9H21B/c1-8(2,3)9(4,5)7-10-6/h10H,7H2,1-6H3. The summed E-state index contributed by atoms with van der Waals surface area (Å²) in [7, 11) is 1.30. The fraction of sp³-hybridized carbons (Fsp3) is 1.00. The van der Waals surface area contributed by atoms with E-state index < -0.39 is 0 Å². The van der Waals surface area contributed by atoms with Crippen molar-refractivity contribution in [2.24, 2.45) is 10.8 Å². The molecule has 0 spiro atoms. The molecule has 0 heterocycles. The molecule has 0 aliphatic heterocycles. The molecule has 60 valence electrons. The zero-order valence-corrected chi connectivity index (χ0v) is 8.41. The normalized spacial score (nSPS) is 13.4. The van der Waals surface area contributed by atoms with Gasteiger partial charge in [-0.05, 0) is 10.8 Å². The summed E-state index contributed by atoms with van der Waals surface area (Å²) >= 11 is 0. The molecule has 0 amide bonds. The molecule has 1 heteroatoms. The van der Waals surface area contributed by atoms with Crippen molar-refractivity contribution in [3.8, 4) is 0 Å². The predicted octanol–water partition coefficient (Wildman–Crippen LogP) is 2.96. The Hall–Kier alpha value is 0.0649. The monoisotopic (exact) mass is 140 g/mol. The molecule has 0 unspecified atom stereocenters. The summed E-state index contributed by atoms with van der Waals surface area (Å²) in [5, 5.41) is 0. The summed E-state index contributed by atoms with van der Waals surface area (Å²) in [4.78, 5) is 0. The Bertz CT molecular complexity index is 97.8. The Morgan fingerprint density at radius 3 is 1.50 bits per heavy atom. The van der Waals surface area contributed by atoms with Gasteiger partial charge in [-0.2, -0.15) is 0 Å². The van der Waals surface area contributed by atoms with Crippen LogP contribution in [-0.4, -0.2) is 7.28 Å². The molecule has 0 aliphatic rings. The van der Waals surface area contributed by atoms with Crippen molar-refractivity contribution in [1.82, 2.24) is 0 Å². The van der Waals surface area contributed by atoms with Gasteiger partial charge in [-0.15, -0.1) is 0 Å². The highest BCUT2D eigenvalue weighted by Gasteiger charge is 2.31. The van der Waals surface area contributed by atoms with Gasteiger partial charge in [0.2, 0.25) is 0 Å². The van der Waals surface area contributed by atoms with Crippen molar-refractivity contribution >= 4 is 7.28 Å². The minimum Gasteiger partial charge on any atom is -0.0893 e. The molecule has 10 heavy (non-hydrogen) atoms. The minimum atomic E-state index is 0.447. The average molecular weight is 140 g/mol. The van der Waals surface area contributed by atoms with Crippen molar-refractivity contribution in [3.63, 3.8) is 0 Å². The van der Waals surface area contributed by atoms with Gasteiger partial charge in [0.1, 0.15) is 7.28 Å². The fourth-order valence-corrected chi connectivity index (χ4v) is 1.000. The van der Waals surface area contributed by atoms with Gasteiger partial charge >= 0.3 is 0 Å². The molecule has 0 N–H and O–H groups in total. The number of hydrogen-bond acceptors (Lipinski definition) is 0. The lowest BCUT2D eigenvalue weighted by molar-refractivity contribution is 0.156. The first kappa shape index (κ1) is 10.1. The maximum atomic E-state index is 2.36. The van der Waals surface area contributed by atoms with Gasteiger partial charge in [0, 0.05) is 0 Å². The Morgan fingerprint density at radius 1 is 1.00 bits per heavy atom. The Balaban J connectivity index is 4.10. The highest BCUT2D eigenvalue weighted by atomic mass is 14.3. The first-order chi connectivity index (χ1) is 4.31. The molecule has 0 aromatic carbocycles. The van der Waals surface area contributed by atoms with E-state index in [-0.39, 0.29) is 0 Å². The van der Waals surface area contributed by atoms with Crippen LogP contribution in [-0.2, 0) is 0 Å².